The van der Waals surface area contributed by atoms with E-state index in [1.165, 1.54) is 10.8 Å². The Kier molecular flexibility index (Phi) is 5.89. The normalized spacial score (nSPS) is 11.8. The Labute approximate surface area is 107 Å². The predicted octanol–water partition coefficient (Wildman–Crippen LogP) is 2.53. The van der Waals surface area contributed by atoms with Crippen molar-refractivity contribution in [2.75, 3.05) is 0 Å². The summed E-state index contributed by atoms with van der Waals surface area (Å²) in [6.07, 6.45) is 1.47. The van der Waals surface area contributed by atoms with Gasteiger partial charge in [0.2, 0.25) is 0 Å². The molecule has 0 heterocycles. The Morgan fingerprint density at radius 1 is 1.00 bits per heavy atom. The van der Waals surface area contributed by atoms with Gasteiger partial charge in [0, 0.05) is 12.2 Å². The maximum absolute atomic E-state index is 6.01. The van der Waals surface area contributed by atoms with Gasteiger partial charge in [-0.15, -0.1) is 0 Å². The first-order valence-corrected chi connectivity index (χ1v) is 7.95. The van der Waals surface area contributed by atoms with Crippen LogP contribution in [0.5, 0.6) is 0 Å². The Bertz CT molecular complexity index is 327. The van der Waals surface area contributed by atoms with Crippen LogP contribution in [0.3, 0.4) is 0 Å². The van der Waals surface area contributed by atoms with Gasteiger partial charge >= 0.3 is 9.28 Å². The molecule has 0 saturated carbocycles. The van der Waals surface area contributed by atoms with Gasteiger partial charge in [-0.2, -0.15) is 0 Å². The van der Waals surface area contributed by atoms with E-state index in [0.29, 0.717) is 0 Å². The first-order valence-electron chi connectivity index (χ1n) is 6.43. The average Bonchev–Trinajstić information content (AvgIpc) is 2.27. The van der Waals surface area contributed by atoms with Crippen LogP contribution in [0.2, 0.25) is 0 Å². The fourth-order valence-electron chi connectivity index (χ4n) is 1.76. The summed E-state index contributed by atoms with van der Waals surface area (Å²) >= 11 is 0. The number of aryl methyl sites for hydroxylation is 1. The molecule has 0 fully saturated rings. The summed E-state index contributed by atoms with van der Waals surface area (Å²) in [7, 11) is -1.76. The molecule has 0 atom stereocenters. The van der Waals surface area contributed by atoms with E-state index in [0.717, 1.165) is 6.42 Å². The van der Waals surface area contributed by atoms with Crippen molar-refractivity contribution in [2.45, 2.75) is 53.2 Å². The molecular formula is C14H24O2Si. The molecule has 3 heteroatoms. The highest BCUT2D eigenvalue weighted by Crippen LogP contribution is 2.06. The molecule has 0 aliphatic rings. The zero-order chi connectivity index (χ0) is 12.8. The Morgan fingerprint density at radius 2 is 1.53 bits per heavy atom. The zero-order valence-electron chi connectivity index (χ0n) is 11.6. The lowest BCUT2D eigenvalue weighted by atomic mass is 10.2. The fraction of sp³-hybridized carbons (Fsp3) is 0.571. The topological polar surface area (TPSA) is 18.5 Å². The van der Waals surface area contributed by atoms with Crippen molar-refractivity contribution in [2.24, 2.45) is 0 Å². The van der Waals surface area contributed by atoms with E-state index in [-0.39, 0.29) is 12.2 Å². The highest BCUT2D eigenvalue weighted by atomic mass is 28.3. The van der Waals surface area contributed by atoms with Gasteiger partial charge in [-0.05, 0) is 44.9 Å². The van der Waals surface area contributed by atoms with Gasteiger partial charge in [-0.3, -0.25) is 0 Å². The molecule has 0 amide bonds. The van der Waals surface area contributed by atoms with E-state index >= 15 is 0 Å². The molecule has 0 aliphatic heterocycles. The van der Waals surface area contributed by atoms with Gasteiger partial charge in [0.1, 0.15) is 0 Å². The first-order chi connectivity index (χ1) is 8.04. The third kappa shape index (κ3) is 4.62. The highest BCUT2D eigenvalue weighted by Gasteiger charge is 2.21. The monoisotopic (exact) mass is 252 g/mol. The van der Waals surface area contributed by atoms with Crippen LogP contribution in [0, 0.1) is 0 Å². The summed E-state index contributed by atoms with van der Waals surface area (Å²) in [6, 6.07) is 8.48. The van der Waals surface area contributed by atoms with Crippen LogP contribution in [0.15, 0.2) is 24.3 Å². The van der Waals surface area contributed by atoms with Crippen molar-refractivity contribution < 1.29 is 8.85 Å². The lowest BCUT2D eigenvalue weighted by molar-refractivity contribution is 0.139. The minimum Gasteiger partial charge on any atom is -0.391 e. The molecule has 0 unspecified atom stereocenters. The molecule has 0 bridgehead atoms. The molecule has 1 aromatic carbocycles. The van der Waals surface area contributed by atoms with Crippen LogP contribution in [-0.4, -0.2) is 21.5 Å². The minimum absolute atomic E-state index is 0.218. The van der Waals surface area contributed by atoms with Crippen LogP contribution >= 0.6 is 0 Å². The lowest BCUT2D eigenvalue weighted by Gasteiger charge is -2.23. The van der Waals surface area contributed by atoms with E-state index in [1.807, 2.05) is 0 Å². The Hall–Kier alpha value is -0.643. The van der Waals surface area contributed by atoms with Gasteiger partial charge in [0.25, 0.3) is 0 Å². The van der Waals surface area contributed by atoms with Gasteiger partial charge in [-0.1, -0.05) is 31.2 Å². The van der Waals surface area contributed by atoms with Crippen LogP contribution in [0.1, 0.15) is 40.2 Å². The van der Waals surface area contributed by atoms with E-state index in [4.69, 9.17) is 8.85 Å². The first kappa shape index (κ1) is 14.4. The van der Waals surface area contributed by atoms with Crippen molar-refractivity contribution >= 4 is 14.5 Å². The summed E-state index contributed by atoms with van der Waals surface area (Å²) in [4.78, 5) is 0. The molecule has 0 saturated heterocycles. The summed E-state index contributed by atoms with van der Waals surface area (Å²) < 4.78 is 12.0. The summed E-state index contributed by atoms with van der Waals surface area (Å²) in [5.41, 5.74) is 1.35. The number of hydrogen-bond donors (Lipinski definition) is 0. The maximum atomic E-state index is 6.01. The molecule has 0 N–H and O–H groups in total. The standard InChI is InChI=1S/C14H24O2Si/c1-6-13-9-7-8-10-14(13)17(15-11(2)3)16-12(4)5/h7-12,17H,6H2,1-5H3. The van der Waals surface area contributed by atoms with Crippen molar-refractivity contribution in [3.8, 4) is 0 Å². The summed E-state index contributed by atoms with van der Waals surface area (Å²) in [6.45, 7) is 10.4. The van der Waals surface area contributed by atoms with Crippen molar-refractivity contribution in [3.05, 3.63) is 29.8 Å². The molecule has 0 spiro atoms. The molecule has 2 nitrogen and oxygen atoms in total. The molecule has 17 heavy (non-hydrogen) atoms. The average molecular weight is 252 g/mol. The third-order valence-corrected chi connectivity index (χ3v) is 5.14. The van der Waals surface area contributed by atoms with Crippen molar-refractivity contribution in [1.82, 2.24) is 0 Å². The van der Waals surface area contributed by atoms with E-state index < -0.39 is 9.28 Å². The van der Waals surface area contributed by atoms with E-state index in [1.54, 1.807) is 0 Å². The van der Waals surface area contributed by atoms with Crippen LogP contribution in [-0.2, 0) is 15.3 Å². The van der Waals surface area contributed by atoms with Crippen LogP contribution in [0.25, 0.3) is 0 Å². The Balaban J connectivity index is 2.94. The van der Waals surface area contributed by atoms with Crippen LogP contribution in [0.4, 0.5) is 0 Å². The molecule has 1 rings (SSSR count). The molecule has 1 aromatic rings. The number of hydrogen-bond acceptors (Lipinski definition) is 2. The molecule has 0 radical (unpaired) electrons. The smallest absolute Gasteiger partial charge is 0.356 e. The third-order valence-electron chi connectivity index (χ3n) is 2.48. The quantitative estimate of drug-likeness (QED) is 0.724. The van der Waals surface area contributed by atoms with Crippen LogP contribution < -0.4 is 5.19 Å². The Morgan fingerprint density at radius 3 is 2.00 bits per heavy atom. The summed E-state index contributed by atoms with van der Waals surface area (Å²) in [5, 5.41) is 1.29. The molecule has 0 aromatic heterocycles. The van der Waals surface area contributed by atoms with Gasteiger partial charge < -0.3 is 8.85 Å². The van der Waals surface area contributed by atoms with E-state index in [9.17, 15) is 0 Å². The number of benzene rings is 1. The second-order valence-electron chi connectivity index (χ2n) is 4.75. The SMILES string of the molecule is CCc1ccccc1[SiH](OC(C)C)OC(C)C. The van der Waals surface area contributed by atoms with E-state index in [2.05, 4.69) is 58.9 Å². The molecular weight excluding hydrogens is 228 g/mol. The largest absolute Gasteiger partial charge is 0.391 e. The fourth-order valence-corrected chi connectivity index (χ4v) is 3.98. The molecule has 0 aliphatic carbocycles. The zero-order valence-corrected chi connectivity index (χ0v) is 12.7. The number of rotatable bonds is 6. The second kappa shape index (κ2) is 6.94. The predicted molar refractivity (Wildman–Crippen MR) is 75.0 cm³/mol. The van der Waals surface area contributed by atoms with Gasteiger partial charge in [0.05, 0.1) is 0 Å². The van der Waals surface area contributed by atoms with Gasteiger partial charge in [0.15, 0.2) is 0 Å². The minimum atomic E-state index is -1.76. The van der Waals surface area contributed by atoms with Crippen molar-refractivity contribution in [1.29, 1.82) is 0 Å². The van der Waals surface area contributed by atoms with Crippen molar-refractivity contribution in [3.63, 3.8) is 0 Å². The summed E-state index contributed by atoms with van der Waals surface area (Å²) in [5.74, 6) is 0. The highest BCUT2D eigenvalue weighted by molar-refractivity contribution is 6.61. The maximum Gasteiger partial charge on any atom is 0.356 e. The molecule has 96 valence electrons. The lowest BCUT2D eigenvalue weighted by Crippen LogP contribution is -2.42. The van der Waals surface area contributed by atoms with Gasteiger partial charge in [-0.25, -0.2) is 0 Å². The second-order valence-corrected chi connectivity index (χ2v) is 6.58.